The van der Waals surface area contributed by atoms with E-state index in [1.165, 1.54) is 0 Å². The Bertz CT molecular complexity index is 545. The van der Waals surface area contributed by atoms with E-state index in [1.807, 2.05) is 45.9 Å². The van der Waals surface area contributed by atoms with Gasteiger partial charge in [0.15, 0.2) is 11.5 Å². The van der Waals surface area contributed by atoms with Gasteiger partial charge in [-0.2, -0.15) is 0 Å². The summed E-state index contributed by atoms with van der Waals surface area (Å²) in [6, 6.07) is 6.43. The average Bonchev–Trinajstić information content (AvgIpc) is 2.61. The summed E-state index contributed by atoms with van der Waals surface area (Å²) in [6.07, 6.45) is -1.21. The van der Waals surface area contributed by atoms with Crippen LogP contribution in [0.3, 0.4) is 0 Å². The highest BCUT2D eigenvalue weighted by atomic mass is 35.5. The molecular weight excluding hydrogens is 415 g/mol. The Hall–Kier alpha value is -0.760. The number of benzene rings is 1. The molecule has 6 nitrogen and oxygen atoms in total. The topological polar surface area (TPSA) is 83.0 Å². The number of hydrogen-bond acceptors (Lipinski definition) is 6. The lowest BCUT2D eigenvalue weighted by atomic mass is 10.0. The fourth-order valence-electron chi connectivity index (χ4n) is 2.35. The summed E-state index contributed by atoms with van der Waals surface area (Å²) >= 11 is 0. The van der Waals surface area contributed by atoms with Gasteiger partial charge in [0.25, 0.3) is 0 Å². The summed E-state index contributed by atoms with van der Waals surface area (Å²) in [5.41, 5.74) is 1.13. The van der Waals surface area contributed by atoms with Crippen LogP contribution < -0.4 is 20.1 Å². The Morgan fingerprint density at radius 3 is 1.62 bits per heavy atom. The smallest absolute Gasteiger partial charge is 0.161 e. The first-order valence-electron chi connectivity index (χ1n) is 9.91. The summed E-state index contributed by atoms with van der Waals surface area (Å²) in [5.74, 6) is 1.52. The second kappa shape index (κ2) is 16.0. The molecule has 1 aromatic rings. The van der Waals surface area contributed by atoms with Crippen LogP contribution in [0.15, 0.2) is 18.2 Å². The third-order valence-electron chi connectivity index (χ3n) is 4.02. The molecule has 1 rings (SSSR count). The minimum atomic E-state index is -0.608. The lowest BCUT2D eigenvalue weighted by molar-refractivity contribution is 0.0909. The normalized spacial score (nSPS) is 13.1. The van der Waals surface area contributed by atoms with Crippen LogP contribution in [0.2, 0.25) is 0 Å². The summed E-state index contributed by atoms with van der Waals surface area (Å²) in [7, 11) is 0. The van der Waals surface area contributed by atoms with Gasteiger partial charge in [-0.15, -0.1) is 24.8 Å². The quantitative estimate of drug-likeness (QED) is 0.366. The van der Waals surface area contributed by atoms with Crippen LogP contribution in [0.5, 0.6) is 11.5 Å². The highest BCUT2D eigenvalue weighted by Crippen LogP contribution is 2.31. The number of aliphatic hydroxyl groups excluding tert-OH is 2. The van der Waals surface area contributed by atoms with E-state index in [-0.39, 0.29) is 38.0 Å². The zero-order valence-corrected chi connectivity index (χ0v) is 20.1. The fraction of sp³-hybridized carbons (Fsp3) is 0.714. The van der Waals surface area contributed by atoms with Crippen molar-refractivity contribution in [3.63, 3.8) is 0 Å². The van der Waals surface area contributed by atoms with Crippen LogP contribution in [-0.2, 0) is 0 Å². The molecule has 0 aliphatic heterocycles. The maximum absolute atomic E-state index is 10.1. The summed E-state index contributed by atoms with van der Waals surface area (Å²) < 4.78 is 11.6. The zero-order valence-electron chi connectivity index (χ0n) is 18.5. The van der Waals surface area contributed by atoms with Gasteiger partial charge in [0, 0.05) is 25.2 Å². The van der Waals surface area contributed by atoms with E-state index in [0.29, 0.717) is 42.6 Å². The number of halogens is 2. The molecule has 0 bridgehead atoms. The first-order chi connectivity index (χ1) is 12.7. The summed E-state index contributed by atoms with van der Waals surface area (Å²) in [5, 5.41) is 26.5. The third-order valence-corrected chi connectivity index (χ3v) is 4.02. The number of rotatable bonds is 13. The zero-order chi connectivity index (χ0) is 20.4. The van der Waals surface area contributed by atoms with E-state index < -0.39 is 12.2 Å². The average molecular weight is 455 g/mol. The van der Waals surface area contributed by atoms with E-state index >= 15 is 0 Å². The van der Waals surface area contributed by atoms with Gasteiger partial charge in [0.2, 0.25) is 0 Å². The van der Waals surface area contributed by atoms with Gasteiger partial charge >= 0.3 is 0 Å². The predicted octanol–water partition coefficient (Wildman–Crippen LogP) is 3.13. The van der Waals surface area contributed by atoms with Gasteiger partial charge < -0.3 is 30.3 Å². The molecule has 2 atom stereocenters. The molecule has 1 aromatic carbocycles. The van der Waals surface area contributed by atoms with E-state index in [4.69, 9.17) is 9.47 Å². The first kappa shape index (κ1) is 30.4. The minimum Gasteiger partial charge on any atom is -0.487 e. The van der Waals surface area contributed by atoms with Gasteiger partial charge in [0.1, 0.15) is 25.4 Å². The van der Waals surface area contributed by atoms with Crippen molar-refractivity contribution in [3.8, 4) is 11.5 Å². The molecule has 2 unspecified atom stereocenters. The van der Waals surface area contributed by atoms with E-state index in [2.05, 4.69) is 24.5 Å². The molecule has 8 heteroatoms. The lowest BCUT2D eigenvalue weighted by Crippen LogP contribution is -2.35. The molecule has 0 saturated heterocycles. The van der Waals surface area contributed by atoms with Gasteiger partial charge in [-0.25, -0.2) is 0 Å². The van der Waals surface area contributed by atoms with Crippen LogP contribution in [0.25, 0.3) is 0 Å². The van der Waals surface area contributed by atoms with Crippen molar-refractivity contribution in [1.29, 1.82) is 0 Å². The highest BCUT2D eigenvalue weighted by Gasteiger charge is 2.14. The van der Waals surface area contributed by atoms with Crippen molar-refractivity contribution in [2.45, 2.75) is 71.8 Å². The molecule has 0 fully saturated rings. The van der Waals surface area contributed by atoms with Crippen LogP contribution >= 0.6 is 24.8 Å². The molecule has 0 aliphatic rings. The number of aliphatic hydroxyl groups is 2. The Morgan fingerprint density at radius 2 is 1.21 bits per heavy atom. The minimum absolute atomic E-state index is 0. The highest BCUT2D eigenvalue weighted by molar-refractivity contribution is 5.85. The van der Waals surface area contributed by atoms with E-state index in [9.17, 15) is 10.2 Å². The Labute approximate surface area is 188 Å². The first-order valence-corrected chi connectivity index (χ1v) is 9.91. The molecule has 0 radical (unpaired) electrons. The van der Waals surface area contributed by atoms with Crippen LogP contribution in [-0.4, -0.2) is 60.8 Å². The molecule has 4 N–H and O–H groups in total. The maximum atomic E-state index is 10.1. The Morgan fingerprint density at radius 1 is 0.759 bits per heavy atom. The van der Waals surface area contributed by atoms with Gasteiger partial charge in [0.05, 0.1) is 0 Å². The van der Waals surface area contributed by atoms with Gasteiger partial charge in [-0.05, 0) is 23.6 Å². The summed E-state index contributed by atoms with van der Waals surface area (Å²) in [4.78, 5) is 0. The van der Waals surface area contributed by atoms with Crippen molar-refractivity contribution in [3.05, 3.63) is 23.8 Å². The van der Waals surface area contributed by atoms with Crippen LogP contribution in [0.4, 0.5) is 0 Å². The van der Waals surface area contributed by atoms with Crippen molar-refractivity contribution < 1.29 is 19.7 Å². The van der Waals surface area contributed by atoms with Crippen LogP contribution in [0, 0.1) is 0 Å². The number of nitrogens with one attached hydrogen (secondary N) is 2. The number of hydrogen-bond donors (Lipinski definition) is 4. The molecule has 0 amide bonds. The molecule has 172 valence electrons. The molecule has 0 heterocycles. The molecular formula is C21H40Cl2N2O4. The molecule has 0 aromatic heterocycles. The molecule has 0 spiro atoms. The monoisotopic (exact) mass is 454 g/mol. The molecule has 29 heavy (non-hydrogen) atoms. The third kappa shape index (κ3) is 13.2. The molecule has 0 saturated carbocycles. The lowest BCUT2D eigenvalue weighted by Gasteiger charge is -2.20. The van der Waals surface area contributed by atoms with E-state index in [1.54, 1.807) is 0 Å². The predicted molar refractivity (Wildman–Crippen MR) is 124 cm³/mol. The van der Waals surface area contributed by atoms with Crippen molar-refractivity contribution >= 4 is 24.8 Å². The Balaban J connectivity index is 0. The standard InChI is InChI=1S/C21H38N2O4.2ClH/c1-14(2)17-7-8-20(26-12-18(24)10-22-15(3)4)21(9-17)27-13-19(25)11-23-16(5)6;;/h7-9,14-16,18-19,22-25H,10-13H2,1-6H3;2*1H. The number of ether oxygens (including phenoxy) is 2. The Kier molecular flexibility index (Phi) is 16.8. The van der Waals surface area contributed by atoms with Crippen LogP contribution in [0.1, 0.15) is 53.0 Å². The SMILES string of the molecule is CC(C)NCC(O)COc1ccc(C(C)C)cc1OCC(O)CNC(C)C.Cl.Cl. The fourth-order valence-corrected chi connectivity index (χ4v) is 2.35. The second-order valence-electron chi connectivity index (χ2n) is 7.92. The van der Waals surface area contributed by atoms with Crippen molar-refractivity contribution in [2.75, 3.05) is 26.3 Å². The van der Waals surface area contributed by atoms with Crippen molar-refractivity contribution in [1.82, 2.24) is 10.6 Å². The van der Waals surface area contributed by atoms with Gasteiger partial charge in [-0.1, -0.05) is 47.6 Å². The van der Waals surface area contributed by atoms with E-state index in [0.717, 1.165) is 5.56 Å². The summed E-state index contributed by atoms with van der Waals surface area (Å²) in [6.45, 7) is 13.6. The van der Waals surface area contributed by atoms with Gasteiger partial charge in [-0.3, -0.25) is 0 Å². The molecule has 0 aliphatic carbocycles. The largest absolute Gasteiger partial charge is 0.487 e. The van der Waals surface area contributed by atoms with Crippen molar-refractivity contribution in [2.24, 2.45) is 0 Å². The second-order valence-corrected chi connectivity index (χ2v) is 7.92. The maximum Gasteiger partial charge on any atom is 0.161 e.